The summed E-state index contributed by atoms with van der Waals surface area (Å²) in [5.41, 5.74) is -1.63. The smallest absolute Gasteiger partial charge is 0.143 e. The Morgan fingerprint density at radius 1 is 0.585 bits per heavy atom. The molecule has 2 heterocycles. The SMILES string of the molecule is CCCCCCCCCCCCCCCCCCC1O[C@H](COC[C@]2(CO)O[C@H](CO)[C@H](O)C2O)C(O)[C@H](O)[C@@H]1O. The van der Waals surface area contributed by atoms with Crippen molar-refractivity contribution in [1.29, 1.82) is 0 Å². The summed E-state index contributed by atoms with van der Waals surface area (Å²) in [6, 6.07) is 0. The molecule has 2 aliphatic heterocycles. The third kappa shape index (κ3) is 11.9. The zero-order valence-corrected chi connectivity index (χ0v) is 25.3. The van der Waals surface area contributed by atoms with Crippen LogP contribution in [-0.2, 0) is 14.2 Å². The fourth-order valence-electron chi connectivity index (χ4n) is 6.04. The van der Waals surface area contributed by atoms with E-state index in [0.717, 1.165) is 19.3 Å². The zero-order valence-electron chi connectivity index (χ0n) is 25.3. The first-order valence-corrected chi connectivity index (χ1v) is 16.3. The predicted octanol–water partition coefficient (Wildman–Crippen LogP) is 2.35. The largest absolute Gasteiger partial charge is 0.394 e. The van der Waals surface area contributed by atoms with Gasteiger partial charge in [-0.3, -0.25) is 0 Å². The Balaban J connectivity index is 1.57. The van der Waals surface area contributed by atoms with Gasteiger partial charge < -0.3 is 50.0 Å². The van der Waals surface area contributed by atoms with Gasteiger partial charge in [0.2, 0.25) is 0 Å². The molecule has 0 radical (unpaired) electrons. The van der Waals surface area contributed by atoms with E-state index in [1.807, 2.05) is 0 Å². The quantitative estimate of drug-likeness (QED) is 0.0875. The molecule has 244 valence electrons. The van der Waals surface area contributed by atoms with E-state index in [-0.39, 0.29) is 13.2 Å². The van der Waals surface area contributed by atoms with Gasteiger partial charge >= 0.3 is 0 Å². The lowest BCUT2D eigenvalue weighted by Crippen LogP contribution is -2.59. The minimum Gasteiger partial charge on any atom is -0.394 e. The summed E-state index contributed by atoms with van der Waals surface area (Å²) in [6.45, 7) is 0.562. The van der Waals surface area contributed by atoms with Crippen molar-refractivity contribution in [2.75, 3.05) is 26.4 Å². The minimum atomic E-state index is -1.63. The van der Waals surface area contributed by atoms with E-state index in [4.69, 9.17) is 14.2 Å². The number of aliphatic hydroxyl groups is 7. The average Bonchev–Trinajstić information content (AvgIpc) is 3.22. The van der Waals surface area contributed by atoms with Crippen LogP contribution in [0.3, 0.4) is 0 Å². The van der Waals surface area contributed by atoms with Crippen LogP contribution >= 0.6 is 0 Å². The molecule has 2 aliphatic rings. The molecule has 7 N–H and O–H groups in total. The number of ether oxygens (including phenoxy) is 3. The molecular formula is C31H60O10. The Labute approximate surface area is 247 Å². The van der Waals surface area contributed by atoms with Crippen LogP contribution < -0.4 is 0 Å². The highest BCUT2D eigenvalue weighted by Crippen LogP contribution is 2.32. The Morgan fingerprint density at radius 3 is 1.54 bits per heavy atom. The van der Waals surface area contributed by atoms with Gasteiger partial charge in [0.05, 0.1) is 32.5 Å². The number of unbranched alkanes of at least 4 members (excludes halogenated alkanes) is 15. The second-order valence-electron chi connectivity index (χ2n) is 12.3. The molecule has 0 aromatic rings. The van der Waals surface area contributed by atoms with Crippen LogP contribution in [0.25, 0.3) is 0 Å². The Kier molecular flexibility index (Phi) is 18.4. The summed E-state index contributed by atoms with van der Waals surface area (Å²) >= 11 is 0. The van der Waals surface area contributed by atoms with Crippen molar-refractivity contribution < 1.29 is 50.0 Å². The van der Waals surface area contributed by atoms with Crippen LogP contribution in [-0.4, -0.2) is 117 Å². The fourth-order valence-corrected chi connectivity index (χ4v) is 6.04. The monoisotopic (exact) mass is 592 g/mol. The zero-order chi connectivity index (χ0) is 30.1. The van der Waals surface area contributed by atoms with Gasteiger partial charge in [-0.2, -0.15) is 0 Å². The predicted molar refractivity (Wildman–Crippen MR) is 155 cm³/mol. The molecule has 41 heavy (non-hydrogen) atoms. The molecule has 9 atom stereocenters. The Hall–Kier alpha value is -0.400. The van der Waals surface area contributed by atoms with Crippen LogP contribution in [0.4, 0.5) is 0 Å². The third-order valence-electron chi connectivity index (χ3n) is 8.86. The molecule has 2 fully saturated rings. The van der Waals surface area contributed by atoms with E-state index in [1.165, 1.54) is 83.5 Å². The van der Waals surface area contributed by atoms with Gasteiger partial charge in [-0.15, -0.1) is 0 Å². The lowest BCUT2D eigenvalue weighted by Gasteiger charge is -2.41. The molecule has 2 saturated heterocycles. The van der Waals surface area contributed by atoms with Gasteiger partial charge in [0, 0.05) is 0 Å². The van der Waals surface area contributed by atoms with Crippen molar-refractivity contribution >= 4 is 0 Å². The first kappa shape index (κ1) is 36.8. The highest BCUT2D eigenvalue weighted by molar-refractivity contribution is 5.02. The summed E-state index contributed by atoms with van der Waals surface area (Å²) in [4.78, 5) is 0. The van der Waals surface area contributed by atoms with Gasteiger partial charge in [0.15, 0.2) is 0 Å². The lowest BCUT2D eigenvalue weighted by atomic mass is 9.92. The average molecular weight is 593 g/mol. The molecule has 0 aliphatic carbocycles. The number of rotatable bonds is 23. The topological polar surface area (TPSA) is 169 Å². The molecule has 10 nitrogen and oxygen atoms in total. The third-order valence-corrected chi connectivity index (χ3v) is 8.86. The van der Waals surface area contributed by atoms with Crippen LogP contribution in [0.15, 0.2) is 0 Å². The molecule has 0 amide bonds. The fraction of sp³-hybridized carbons (Fsp3) is 1.00. The molecule has 0 bridgehead atoms. The summed E-state index contributed by atoms with van der Waals surface area (Å²) in [5, 5.41) is 70.6. The van der Waals surface area contributed by atoms with Gasteiger partial charge in [-0.05, 0) is 6.42 Å². The van der Waals surface area contributed by atoms with E-state index < -0.39 is 67.6 Å². The van der Waals surface area contributed by atoms with Crippen molar-refractivity contribution in [2.45, 2.75) is 171 Å². The van der Waals surface area contributed by atoms with Gasteiger partial charge in [0.25, 0.3) is 0 Å². The standard InChI is InChI=1S/C31H60O10/c1-2-3-4-5-6-7-8-9-10-11-12-13-14-15-16-17-18-23-26(34)29(37)27(35)25(40-23)20-39-22-31(21-33)30(38)28(36)24(19-32)41-31/h23-30,32-38H,2-22H2,1H3/t23?,24-,25-,26-,27?,28+,29-,30?,31+/m1/s1. The summed E-state index contributed by atoms with van der Waals surface area (Å²) in [6.07, 6.45) is 11.4. The molecule has 0 saturated carbocycles. The normalized spacial score (nSPS) is 34.0. The molecule has 3 unspecified atom stereocenters. The summed E-state index contributed by atoms with van der Waals surface area (Å²) in [7, 11) is 0. The van der Waals surface area contributed by atoms with Crippen molar-refractivity contribution in [3.05, 3.63) is 0 Å². The molecule has 0 aromatic carbocycles. The van der Waals surface area contributed by atoms with Gasteiger partial charge in [-0.25, -0.2) is 0 Å². The maximum Gasteiger partial charge on any atom is 0.143 e. The van der Waals surface area contributed by atoms with Gasteiger partial charge in [0.1, 0.15) is 48.3 Å². The molecule has 0 spiro atoms. The summed E-state index contributed by atoms with van der Waals surface area (Å²) < 4.78 is 16.9. The van der Waals surface area contributed by atoms with Gasteiger partial charge in [-0.1, -0.05) is 110 Å². The van der Waals surface area contributed by atoms with E-state index in [0.29, 0.717) is 6.42 Å². The van der Waals surface area contributed by atoms with Crippen LogP contribution in [0.2, 0.25) is 0 Å². The first-order chi connectivity index (χ1) is 19.8. The Morgan fingerprint density at radius 2 is 1.07 bits per heavy atom. The maximum absolute atomic E-state index is 10.4. The van der Waals surface area contributed by atoms with Crippen molar-refractivity contribution in [3.63, 3.8) is 0 Å². The molecule has 10 heteroatoms. The van der Waals surface area contributed by atoms with E-state index in [2.05, 4.69) is 6.92 Å². The minimum absolute atomic E-state index is 0.182. The van der Waals surface area contributed by atoms with Crippen LogP contribution in [0.5, 0.6) is 0 Å². The summed E-state index contributed by atoms with van der Waals surface area (Å²) in [5.74, 6) is 0. The van der Waals surface area contributed by atoms with Crippen molar-refractivity contribution in [1.82, 2.24) is 0 Å². The number of aliphatic hydroxyl groups excluding tert-OH is 7. The first-order valence-electron chi connectivity index (χ1n) is 16.3. The van der Waals surface area contributed by atoms with E-state index in [9.17, 15) is 35.7 Å². The van der Waals surface area contributed by atoms with E-state index in [1.54, 1.807) is 0 Å². The van der Waals surface area contributed by atoms with Crippen LogP contribution in [0, 0.1) is 0 Å². The van der Waals surface area contributed by atoms with Crippen LogP contribution in [0.1, 0.15) is 116 Å². The lowest BCUT2D eigenvalue weighted by molar-refractivity contribution is -0.239. The highest BCUT2D eigenvalue weighted by atomic mass is 16.6. The van der Waals surface area contributed by atoms with Crippen molar-refractivity contribution in [3.8, 4) is 0 Å². The second kappa shape index (κ2) is 20.5. The maximum atomic E-state index is 10.4. The molecule has 0 aromatic heterocycles. The molecular weight excluding hydrogens is 532 g/mol. The van der Waals surface area contributed by atoms with E-state index >= 15 is 0 Å². The number of hydrogen-bond acceptors (Lipinski definition) is 10. The molecule has 2 rings (SSSR count). The number of hydrogen-bond donors (Lipinski definition) is 7. The Bertz CT molecular complexity index is 654. The highest BCUT2D eigenvalue weighted by Gasteiger charge is 2.54. The second-order valence-corrected chi connectivity index (χ2v) is 12.3. The van der Waals surface area contributed by atoms with Crippen molar-refractivity contribution in [2.24, 2.45) is 0 Å².